The highest BCUT2D eigenvalue weighted by molar-refractivity contribution is 7.16. The highest BCUT2D eigenvalue weighted by Crippen LogP contribution is 2.34. The Hall–Kier alpha value is -2.64. The lowest BCUT2D eigenvalue weighted by Crippen LogP contribution is -2.69. The van der Waals surface area contributed by atoms with E-state index in [1.165, 1.54) is 43.4 Å². The minimum absolute atomic E-state index is 0.501. The van der Waals surface area contributed by atoms with Gasteiger partial charge in [-0.15, -0.1) is 0 Å². The van der Waals surface area contributed by atoms with E-state index >= 15 is 0 Å². The third-order valence-electron chi connectivity index (χ3n) is 7.87. The van der Waals surface area contributed by atoms with Gasteiger partial charge < -0.3 is 0 Å². The second-order valence-corrected chi connectivity index (χ2v) is 15.1. The molecule has 0 N–H and O–H groups in total. The van der Waals surface area contributed by atoms with Crippen LogP contribution in [0.1, 0.15) is 96.3 Å². The Morgan fingerprint density at radius 2 is 0.943 bits per heavy atom. The van der Waals surface area contributed by atoms with Crippen molar-refractivity contribution in [1.82, 2.24) is 0 Å². The van der Waals surface area contributed by atoms with Crippen molar-refractivity contribution in [2.75, 3.05) is 0 Å². The molecule has 3 aromatic rings. The fraction of sp³-hybridized carbons (Fsp3) is 0.353. The topological polar surface area (TPSA) is 0 Å². The zero-order valence-corrected chi connectivity index (χ0v) is 23.9. The molecule has 4 rings (SSSR count). The predicted octanol–water partition coefficient (Wildman–Crippen LogP) is 7.73. The zero-order valence-electron chi connectivity index (χ0n) is 22.9. The maximum atomic E-state index is 2.53. The van der Waals surface area contributed by atoms with E-state index < -0.39 is 8.07 Å². The summed E-state index contributed by atoms with van der Waals surface area (Å²) in [6, 6.07) is 28.7. The molecule has 182 valence electrons. The summed E-state index contributed by atoms with van der Waals surface area (Å²) in [5.74, 6) is 1.50. The molecule has 0 unspecified atom stereocenters. The van der Waals surface area contributed by atoms with E-state index in [2.05, 4.69) is 134 Å². The third-order valence-corrected chi connectivity index (χ3v) is 13.0. The molecule has 3 aromatic carbocycles. The normalized spacial score (nSPS) is 14.4. The summed E-state index contributed by atoms with van der Waals surface area (Å²) < 4.78 is 0. The monoisotopic (exact) mass is 478 g/mol. The van der Waals surface area contributed by atoms with Crippen molar-refractivity contribution in [2.45, 2.75) is 79.6 Å². The second kappa shape index (κ2) is 10.2. The number of hydrogen-bond donors (Lipinski definition) is 0. The van der Waals surface area contributed by atoms with Gasteiger partial charge in [-0.25, -0.2) is 0 Å². The molecule has 0 atom stereocenters. The van der Waals surface area contributed by atoms with Crippen molar-refractivity contribution in [3.05, 3.63) is 112 Å². The molecule has 0 bridgehead atoms. The van der Waals surface area contributed by atoms with E-state index in [0.29, 0.717) is 17.8 Å². The van der Waals surface area contributed by atoms with Crippen LogP contribution in [0.5, 0.6) is 0 Å². The summed E-state index contributed by atoms with van der Waals surface area (Å²) in [7, 11) is -2.54. The van der Waals surface area contributed by atoms with Gasteiger partial charge in [0.25, 0.3) is 0 Å². The van der Waals surface area contributed by atoms with Gasteiger partial charge in [-0.1, -0.05) is 132 Å². The van der Waals surface area contributed by atoms with Gasteiger partial charge >= 0.3 is 0 Å². The van der Waals surface area contributed by atoms with Crippen LogP contribution in [0.3, 0.4) is 0 Å². The Kier molecular flexibility index (Phi) is 7.38. The summed E-state index contributed by atoms with van der Waals surface area (Å²) in [6.45, 7) is 18.6. The van der Waals surface area contributed by atoms with E-state index in [4.69, 9.17) is 0 Å². The Labute approximate surface area is 214 Å². The molecule has 0 heterocycles. The van der Waals surface area contributed by atoms with Gasteiger partial charge in [0.1, 0.15) is 0 Å². The van der Waals surface area contributed by atoms with Crippen LogP contribution in [-0.2, 0) is 0 Å². The van der Waals surface area contributed by atoms with Crippen molar-refractivity contribution < 1.29 is 0 Å². The Bertz CT molecular complexity index is 1140. The molecule has 0 radical (unpaired) electrons. The fourth-order valence-corrected chi connectivity index (χ4v) is 11.3. The van der Waals surface area contributed by atoms with Crippen LogP contribution in [0.25, 0.3) is 0 Å². The van der Waals surface area contributed by atoms with Crippen LogP contribution in [0, 0.1) is 0 Å². The van der Waals surface area contributed by atoms with Crippen molar-refractivity contribution in [3.63, 3.8) is 0 Å². The van der Waals surface area contributed by atoms with E-state index in [1.807, 2.05) is 0 Å². The van der Waals surface area contributed by atoms with Crippen LogP contribution < -0.4 is 15.6 Å². The molecule has 0 aliphatic heterocycles. The van der Waals surface area contributed by atoms with Crippen molar-refractivity contribution >= 4 is 23.6 Å². The van der Waals surface area contributed by atoms with E-state index in [0.717, 1.165) is 6.42 Å². The molecule has 35 heavy (non-hydrogen) atoms. The quantitative estimate of drug-likeness (QED) is 0.241. The average molecular weight is 479 g/mol. The molecule has 0 fully saturated rings. The van der Waals surface area contributed by atoms with Crippen LogP contribution in [-0.4, -0.2) is 8.07 Å². The van der Waals surface area contributed by atoms with Gasteiger partial charge in [-0.2, -0.15) is 0 Å². The minimum atomic E-state index is -2.54. The summed E-state index contributed by atoms with van der Waals surface area (Å²) >= 11 is 0. The summed E-state index contributed by atoms with van der Waals surface area (Å²) in [6.07, 6.45) is 3.52. The molecule has 0 nitrogen and oxygen atoms in total. The molecule has 0 saturated heterocycles. The molecule has 0 spiro atoms. The highest BCUT2D eigenvalue weighted by Gasteiger charge is 2.45. The Morgan fingerprint density at radius 1 is 0.571 bits per heavy atom. The first-order chi connectivity index (χ1) is 16.7. The van der Waals surface area contributed by atoms with Crippen LogP contribution >= 0.6 is 0 Å². The van der Waals surface area contributed by atoms with Crippen molar-refractivity contribution in [1.29, 1.82) is 0 Å². The van der Waals surface area contributed by atoms with Crippen LogP contribution in [0.2, 0.25) is 0 Å². The van der Waals surface area contributed by atoms with Gasteiger partial charge in [0.2, 0.25) is 0 Å². The predicted molar refractivity (Wildman–Crippen MR) is 157 cm³/mol. The summed E-state index contributed by atoms with van der Waals surface area (Å²) in [5, 5.41) is 6.14. The lowest BCUT2D eigenvalue weighted by Gasteiger charge is -2.38. The summed E-state index contributed by atoms with van der Waals surface area (Å²) in [4.78, 5) is 0. The largest absolute Gasteiger partial charge is 0.179 e. The third kappa shape index (κ3) is 4.64. The highest BCUT2D eigenvalue weighted by atomic mass is 28.3. The summed E-state index contributed by atoms with van der Waals surface area (Å²) in [5.41, 5.74) is 7.29. The number of benzene rings is 3. The number of hydrogen-bond acceptors (Lipinski definition) is 0. The van der Waals surface area contributed by atoms with E-state index in [9.17, 15) is 0 Å². The van der Waals surface area contributed by atoms with Crippen LogP contribution in [0.4, 0.5) is 0 Å². The lowest BCUT2D eigenvalue weighted by atomic mass is 10.0. The van der Waals surface area contributed by atoms with Crippen molar-refractivity contribution in [2.24, 2.45) is 0 Å². The maximum absolute atomic E-state index is 2.54. The van der Waals surface area contributed by atoms with E-state index in [1.54, 1.807) is 5.20 Å². The molecule has 0 saturated carbocycles. The molecule has 1 aliphatic carbocycles. The Balaban J connectivity index is 2.19. The van der Waals surface area contributed by atoms with Gasteiger partial charge in [0.15, 0.2) is 8.07 Å². The smallest absolute Gasteiger partial charge is 0.0776 e. The molecular formula is C34H42Si. The number of allylic oxidation sites excluding steroid dienone is 4. The second-order valence-electron chi connectivity index (χ2n) is 11.3. The van der Waals surface area contributed by atoms with E-state index in [-0.39, 0.29) is 0 Å². The minimum Gasteiger partial charge on any atom is -0.0776 e. The maximum Gasteiger partial charge on any atom is 0.179 e. The SMILES string of the molecule is CC1=CCC(C)=C1[Si](c1cccc(C(C)C)c1)(c1cccc(C(C)C)c1)c1cccc(C(C)C)c1. The first-order valence-corrected chi connectivity index (χ1v) is 15.3. The van der Waals surface area contributed by atoms with Gasteiger partial charge in [-0.05, 0) is 75.5 Å². The Morgan fingerprint density at radius 3 is 1.23 bits per heavy atom. The van der Waals surface area contributed by atoms with Gasteiger partial charge in [0, 0.05) is 0 Å². The fourth-order valence-electron chi connectivity index (χ4n) is 5.79. The zero-order chi connectivity index (χ0) is 25.3. The lowest BCUT2D eigenvalue weighted by molar-refractivity contribution is 0.867. The first kappa shape index (κ1) is 25.4. The van der Waals surface area contributed by atoms with Gasteiger partial charge in [0.05, 0.1) is 0 Å². The van der Waals surface area contributed by atoms with Crippen LogP contribution in [0.15, 0.2) is 95.2 Å². The average Bonchev–Trinajstić information content (AvgIpc) is 3.18. The molecule has 0 amide bonds. The van der Waals surface area contributed by atoms with Gasteiger partial charge in [-0.3, -0.25) is 0 Å². The first-order valence-electron chi connectivity index (χ1n) is 13.3. The molecule has 1 aliphatic rings. The molecule has 1 heteroatoms. The standard InChI is InChI=1S/C34H42Si/c1-23(2)28-12-9-15-31(20-28)35(34-26(7)18-19-27(34)8,32-16-10-13-29(21-32)24(3)4)33-17-11-14-30(22-33)25(5)6/h9-18,20-25H,19H2,1-8H3. The molecule has 0 aromatic heterocycles. The van der Waals surface area contributed by atoms with Crippen molar-refractivity contribution in [3.8, 4) is 0 Å². The molecular weight excluding hydrogens is 436 g/mol. The number of rotatable bonds is 7.